The number of aromatic nitrogens is 4. The number of tetrazole rings is 1. The van der Waals surface area contributed by atoms with Crippen molar-refractivity contribution in [1.82, 2.24) is 30.6 Å². The zero-order valence-corrected chi connectivity index (χ0v) is 12.7. The summed E-state index contributed by atoms with van der Waals surface area (Å²) in [6, 6.07) is 4.85. The van der Waals surface area contributed by atoms with E-state index in [4.69, 9.17) is 4.74 Å². The molecule has 0 bridgehead atoms. The standard InChI is InChI=1S/C13H13F3N6O3/c14-13(15,16)25-10-3-1-9(2-4-10)22-19-11(18-20-22)12(23)21-6-8-24-7-5-17-21/h1-4,17H,5-8H2. The highest BCUT2D eigenvalue weighted by molar-refractivity contribution is 5.89. The van der Waals surface area contributed by atoms with E-state index in [0.29, 0.717) is 32.0 Å². The first-order chi connectivity index (χ1) is 11.9. The molecule has 134 valence electrons. The topological polar surface area (TPSA) is 94.4 Å². The van der Waals surface area contributed by atoms with Crippen LogP contribution >= 0.6 is 0 Å². The van der Waals surface area contributed by atoms with Crippen LogP contribution in [0.4, 0.5) is 13.2 Å². The van der Waals surface area contributed by atoms with Crippen molar-refractivity contribution in [2.24, 2.45) is 0 Å². The number of alkyl halides is 3. The van der Waals surface area contributed by atoms with Crippen molar-refractivity contribution in [3.63, 3.8) is 0 Å². The molecule has 0 spiro atoms. The molecule has 9 nitrogen and oxygen atoms in total. The fourth-order valence-corrected chi connectivity index (χ4v) is 2.07. The maximum atomic E-state index is 12.3. The first kappa shape index (κ1) is 17.1. The minimum absolute atomic E-state index is 0.148. The summed E-state index contributed by atoms with van der Waals surface area (Å²) < 4.78 is 45.4. The van der Waals surface area contributed by atoms with Crippen LogP contribution in [-0.4, -0.2) is 63.8 Å². The number of halogens is 3. The van der Waals surface area contributed by atoms with Crippen LogP contribution in [0.3, 0.4) is 0 Å². The van der Waals surface area contributed by atoms with E-state index in [-0.39, 0.29) is 11.6 Å². The van der Waals surface area contributed by atoms with Gasteiger partial charge in [0, 0.05) is 6.54 Å². The average molecular weight is 358 g/mol. The normalized spacial score (nSPS) is 15.7. The van der Waals surface area contributed by atoms with Crippen LogP contribution in [0.25, 0.3) is 5.69 Å². The summed E-state index contributed by atoms with van der Waals surface area (Å²) in [6.45, 7) is 1.67. The molecule has 12 heteroatoms. The number of benzene rings is 1. The Morgan fingerprint density at radius 1 is 1.24 bits per heavy atom. The molecule has 1 aliphatic heterocycles. The van der Waals surface area contributed by atoms with Gasteiger partial charge in [0.1, 0.15) is 5.75 Å². The molecule has 1 saturated heterocycles. The maximum absolute atomic E-state index is 12.3. The Morgan fingerprint density at radius 3 is 2.72 bits per heavy atom. The first-order valence-electron chi connectivity index (χ1n) is 7.22. The number of hydrogen-bond acceptors (Lipinski definition) is 7. The molecule has 2 heterocycles. The summed E-state index contributed by atoms with van der Waals surface area (Å²) in [7, 11) is 0. The van der Waals surface area contributed by atoms with Crippen LogP contribution in [0.2, 0.25) is 0 Å². The van der Waals surface area contributed by atoms with E-state index in [9.17, 15) is 18.0 Å². The van der Waals surface area contributed by atoms with Crippen LogP contribution in [0, 0.1) is 0 Å². The number of carbonyl (C=O) groups excluding carboxylic acids is 1. The second-order valence-corrected chi connectivity index (χ2v) is 4.92. The minimum atomic E-state index is -4.77. The molecule has 1 amide bonds. The number of nitrogens with one attached hydrogen (secondary N) is 1. The zero-order valence-electron chi connectivity index (χ0n) is 12.7. The van der Waals surface area contributed by atoms with Gasteiger partial charge in [-0.05, 0) is 29.5 Å². The highest BCUT2D eigenvalue weighted by Crippen LogP contribution is 2.23. The smallest absolute Gasteiger partial charge is 0.406 e. The quantitative estimate of drug-likeness (QED) is 0.856. The summed E-state index contributed by atoms with van der Waals surface area (Å²) >= 11 is 0. The maximum Gasteiger partial charge on any atom is 0.573 e. The van der Waals surface area contributed by atoms with Gasteiger partial charge < -0.3 is 9.47 Å². The molecular formula is C13H13F3N6O3. The Labute approximate surface area is 139 Å². The van der Waals surface area contributed by atoms with Gasteiger partial charge in [-0.2, -0.15) is 0 Å². The third kappa shape index (κ3) is 4.42. The van der Waals surface area contributed by atoms with Crippen molar-refractivity contribution in [3.05, 3.63) is 30.1 Å². The fourth-order valence-electron chi connectivity index (χ4n) is 2.07. The monoisotopic (exact) mass is 358 g/mol. The molecule has 25 heavy (non-hydrogen) atoms. The number of rotatable bonds is 3. The molecule has 1 fully saturated rings. The van der Waals surface area contributed by atoms with E-state index in [1.807, 2.05) is 0 Å². The van der Waals surface area contributed by atoms with Crippen LogP contribution in [0.5, 0.6) is 5.75 Å². The SMILES string of the molecule is O=C(c1nnn(-c2ccc(OC(F)(F)F)cc2)n1)N1CCOCCN1. The lowest BCUT2D eigenvalue weighted by Gasteiger charge is -2.17. The Morgan fingerprint density at radius 2 is 2.00 bits per heavy atom. The third-order valence-corrected chi connectivity index (χ3v) is 3.16. The number of hydrazine groups is 1. The molecule has 2 aromatic rings. The predicted molar refractivity (Wildman–Crippen MR) is 75.7 cm³/mol. The molecule has 0 atom stereocenters. The van der Waals surface area contributed by atoms with Gasteiger partial charge >= 0.3 is 12.3 Å². The van der Waals surface area contributed by atoms with E-state index in [2.05, 4.69) is 25.6 Å². The zero-order chi connectivity index (χ0) is 17.9. The fraction of sp³-hybridized carbons (Fsp3) is 0.385. The second kappa shape index (κ2) is 7.03. The van der Waals surface area contributed by atoms with Crippen molar-refractivity contribution in [1.29, 1.82) is 0 Å². The van der Waals surface area contributed by atoms with Gasteiger partial charge in [0.25, 0.3) is 5.82 Å². The molecule has 0 saturated carbocycles. The van der Waals surface area contributed by atoms with E-state index in [0.717, 1.165) is 16.9 Å². The van der Waals surface area contributed by atoms with Crippen molar-refractivity contribution >= 4 is 5.91 Å². The lowest BCUT2D eigenvalue weighted by Crippen LogP contribution is -2.44. The number of ether oxygens (including phenoxy) is 2. The van der Waals surface area contributed by atoms with Crippen molar-refractivity contribution in [2.45, 2.75) is 6.36 Å². The molecular weight excluding hydrogens is 345 g/mol. The minimum Gasteiger partial charge on any atom is -0.406 e. The first-order valence-corrected chi connectivity index (χ1v) is 7.22. The molecule has 1 aromatic heterocycles. The molecule has 1 aliphatic rings. The predicted octanol–water partition coefficient (Wildman–Crippen LogP) is 0.538. The average Bonchev–Trinajstić information content (AvgIpc) is 2.89. The van der Waals surface area contributed by atoms with Crippen molar-refractivity contribution in [3.8, 4) is 11.4 Å². The Bertz CT molecular complexity index is 725. The van der Waals surface area contributed by atoms with Crippen molar-refractivity contribution < 1.29 is 27.4 Å². The number of hydrogen-bond donors (Lipinski definition) is 1. The molecule has 0 radical (unpaired) electrons. The molecule has 0 unspecified atom stereocenters. The lowest BCUT2D eigenvalue weighted by molar-refractivity contribution is -0.274. The Hall–Kier alpha value is -2.73. The Kier molecular flexibility index (Phi) is 4.81. The third-order valence-electron chi connectivity index (χ3n) is 3.16. The van der Waals surface area contributed by atoms with Crippen LogP contribution in [0.1, 0.15) is 10.6 Å². The van der Waals surface area contributed by atoms with Gasteiger partial charge in [-0.15, -0.1) is 28.2 Å². The van der Waals surface area contributed by atoms with Gasteiger partial charge in [-0.1, -0.05) is 0 Å². The highest BCUT2D eigenvalue weighted by atomic mass is 19.4. The molecule has 1 aromatic carbocycles. The summed E-state index contributed by atoms with van der Waals surface area (Å²) in [5, 5.41) is 12.7. The van der Waals surface area contributed by atoms with E-state index >= 15 is 0 Å². The van der Waals surface area contributed by atoms with Crippen LogP contribution < -0.4 is 10.2 Å². The van der Waals surface area contributed by atoms with Crippen molar-refractivity contribution in [2.75, 3.05) is 26.3 Å². The summed E-state index contributed by atoms with van der Waals surface area (Å²) in [6.07, 6.45) is -4.77. The number of nitrogens with zero attached hydrogens (tertiary/aromatic N) is 5. The van der Waals surface area contributed by atoms with Gasteiger partial charge in [0.05, 0.1) is 25.4 Å². The van der Waals surface area contributed by atoms with E-state index in [1.165, 1.54) is 17.1 Å². The van der Waals surface area contributed by atoms with Gasteiger partial charge in [0.15, 0.2) is 0 Å². The summed E-state index contributed by atoms with van der Waals surface area (Å²) in [4.78, 5) is 13.3. The van der Waals surface area contributed by atoms with Crippen LogP contribution in [0.15, 0.2) is 24.3 Å². The van der Waals surface area contributed by atoms with Gasteiger partial charge in [0.2, 0.25) is 0 Å². The summed E-state index contributed by atoms with van der Waals surface area (Å²) in [5.74, 6) is -1.000. The van der Waals surface area contributed by atoms with Crippen LogP contribution in [-0.2, 0) is 4.74 Å². The largest absolute Gasteiger partial charge is 0.573 e. The summed E-state index contributed by atoms with van der Waals surface area (Å²) in [5.41, 5.74) is 3.20. The van der Waals surface area contributed by atoms with E-state index in [1.54, 1.807) is 0 Å². The number of carbonyl (C=O) groups is 1. The Balaban J connectivity index is 1.71. The van der Waals surface area contributed by atoms with Gasteiger partial charge in [-0.25, -0.2) is 5.43 Å². The molecule has 0 aliphatic carbocycles. The lowest BCUT2D eigenvalue weighted by atomic mass is 10.3. The molecule has 3 rings (SSSR count). The second-order valence-electron chi connectivity index (χ2n) is 4.92. The van der Waals surface area contributed by atoms with E-state index < -0.39 is 12.3 Å². The van der Waals surface area contributed by atoms with Gasteiger partial charge in [-0.3, -0.25) is 9.80 Å². The highest BCUT2D eigenvalue weighted by Gasteiger charge is 2.31. The molecule has 1 N–H and O–H groups in total. The number of amides is 1.